The van der Waals surface area contributed by atoms with Gasteiger partial charge in [-0.3, -0.25) is 10.1 Å². The minimum atomic E-state index is -0.568. The van der Waals surface area contributed by atoms with Gasteiger partial charge < -0.3 is 5.73 Å². The summed E-state index contributed by atoms with van der Waals surface area (Å²) in [5, 5.41) is 10.2. The highest BCUT2D eigenvalue weighted by Gasteiger charge is 2.21. The average Bonchev–Trinajstić information content (AvgIpc) is 1.85. The van der Waals surface area contributed by atoms with Gasteiger partial charge in [0.05, 0.1) is 4.92 Å². The third-order valence-electron chi connectivity index (χ3n) is 1.24. The molecule has 1 rings (SSSR count). The standard InChI is InChI=1S/C5H6ClN3O2/c6-4-2-1-3(9(10)11)5(7)8-4/h1,4H,2H2,(H2,7,8). The van der Waals surface area contributed by atoms with Crippen LogP contribution in [0.1, 0.15) is 6.42 Å². The molecule has 60 valence electrons. The van der Waals surface area contributed by atoms with Gasteiger partial charge in [0.25, 0.3) is 0 Å². The Kier molecular flexibility index (Phi) is 2.09. The molecule has 5 nitrogen and oxygen atoms in total. The number of nitro groups is 1. The highest BCUT2D eigenvalue weighted by atomic mass is 35.5. The molecule has 1 aliphatic rings. The van der Waals surface area contributed by atoms with Crippen LogP contribution < -0.4 is 5.73 Å². The van der Waals surface area contributed by atoms with E-state index in [2.05, 4.69) is 4.99 Å². The molecule has 0 radical (unpaired) electrons. The van der Waals surface area contributed by atoms with Crippen LogP contribution in [0.3, 0.4) is 0 Å². The van der Waals surface area contributed by atoms with Crippen LogP contribution in [0.15, 0.2) is 16.8 Å². The summed E-state index contributed by atoms with van der Waals surface area (Å²) in [4.78, 5) is 13.3. The topological polar surface area (TPSA) is 81.5 Å². The van der Waals surface area contributed by atoms with Crippen molar-refractivity contribution in [3.05, 3.63) is 21.9 Å². The van der Waals surface area contributed by atoms with Crippen LogP contribution in [0.5, 0.6) is 0 Å². The summed E-state index contributed by atoms with van der Waals surface area (Å²) >= 11 is 5.55. The van der Waals surface area contributed by atoms with Gasteiger partial charge in [0, 0.05) is 12.5 Å². The zero-order valence-electron chi connectivity index (χ0n) is 5.53. The number of nitrogens with zero attached hydrogens (tertiary/aromatic N) is 2. The zero-order chi connectivity index (χ0) is 8.43. The Bertz CT molecular complexity index is 248. The Balaban J connectivity index is 2.86. The number of aliphatic imine (C=N–C) groups is 1. The number of halogens is 1. The normalized spacial score (nSPS) is 23.9. The Morgan fingerprint density at radius 3 is 3.00 bits per heavy atom. The molecule has 0 fully saturated rings. The van der Waals surface area contributed by atoms with E-state index in [0.717, 1.165) is 0 Å². The van der Waals surface area contributed by atoms with E-state index in [-0.39, 0.29) is 11.5 Å². The minimum Gasteiger partial charge on any atom is -0.378 e. The Labute approximate surface area is 67.7 Å². The lowest BCUT2D eigenvalue weighted by Crippen LogP contribution is -2.25. The summed E-state index contributed by atoms with van der Waals surface area (Å²) < 4.78 is 0. The molecule has 0 bridgehead atoms. The molecular weight excluding hydrogens is 170 g/mol. The number of hydrogen-bond acceptors (Lipinski definition) is 4. The quantitative estimate of drug-likeness (QED) is 0.272. The number of amidine groups is 1. The van der Waals surface area contributed by atoms with Crippen molar-refractivity contribution in [3.8, 4) is 0 Å². The van der Waals surface area contributed by atoms with Crippen LogP contribution in [0, 0.1) is 10.1 Å². The molecule has 0 aromatic carbocycles. The van der Waals surface area contributed by atoms with Crippen LogP contribution in [0.25, 0.3) is 0 Å². The number of alkyl halides is 1. The Hall–Kier alpha value is -1.10. The van der Waals surface area contributed by atoms with Gasteiger partial charge in [-0.15, -0.1) is 0 Å². The second kappa shape index (κ2) is 2.87. The lowest BCUT2D eigenvalue weighted by molar-refractivity contribution is -0.415. The number of dihydropyridines is 1. The summed E-state index contributed by atoms with van der Waals surface area (Å²) in [6.07, 6.45) is 1.73. The van der Waals surface area contributed by atoms with Gasteiger partial charge >= 0.3 is 5.70 Å². The lowest BCUT2D eigenvalue weighted by atomic mass is 10.2. The molecule has 0 saturated carbocycles. The van der Waals surface area contributed by atoms with Gasteiger partial charge in [-0.25, -0.2) is 4.99 Å². The van der Waals surface area contributed by atoms with Gasteiger partial charge in [0.15, 0.2) is 5.84 Å². The Morgan fingerprint density at radius 2 is 2.55 bits per heavy atom. The van der Waals surface area contributed by atoms with Crippen molar-refractivity contribution in [3.63, 3.8) is 0 Å². The van der Waals surface area contributed by atoms with Crippen LogP contribution in [-0.2, 0) is 0 Å². The van der Waals surface area contributed by atoms with E-state index >= 15 is 0 Å². The van der Waals surface area contributed by atoms with E-state index in [1.807, 2.05) is 0 Å². The van der Waals surface area contributed by atoms with E-state index < -0.39 is 10.4 Å². The van der Waals surface area contributed by atoms with Crippen molar-refractivity contribution >= 4 is 17.4 Å². The SMILES string of the molecule is NC1=NC(Cl)CC=C1[N+](=O)[O-]. The summed E-state index contributed by atoms with van der Waals surface area (Å²) in [5.74, 6) is -0.0961. The van der Waals surface area contributed by atoms with E-state index in [1.54, 1.807) is 0 Å². The lowest BCUT2D eigenvalue weighted by Gasteiger charge is -2.07. The van der Waals surface area contributed by atoms with Gasteiger partial charge in [-0.1, -0.05) is 11.6 Å². The van der Waals surface area contributed by atoms with Gasteiger partial charge in [-0.2, -0.15) is 0 Å². The maximum Gasteiger partial charge on any atom is 0.306 e. The zero-order valence-corrected chi connectivity index (χ0v) is 6.28. The maximum atomic E-state index is 10.2. The summed E-state index contributed by atoms with van der Waals surface area (Å²) in [5.41, 5.74) is 4.62. The molecule has 6 heteroatoms. The molecule has 1 aliphatic heterocycles. The molecule has 1 unspecified atom stereocenters. The first-order valence-electron chi connectivity index (χ1n) is 2.93. The van der Waals surface area contributed by atoms with Crippen molar-refractivity contribution in [1.29, 1.82) is 0 Å². The molecule has 0 spiro atoms. The average molecular weight is 176 g/mol. The van der Waals surface area contributed by atoms with E-state index in [1.165, 1.54) is 6.08 Å². The highest BCUT2D eigenvalue weighted by molar-refractivity contribution is 6.21. The second-order valence-electron chi connectivity index (χ2n) is 2.03. The van der Waals surface area contributed by atoms with Crippen LogP contribution in [0.2, 0.25) is 0 Å². The van der Waals surface area contributed by atoms with Gasteiger partial charge in [0.2, 0.25) is 0 Å². The van der Waals surface area contributed by atoms with E-state index in [0.29, 0.717) is 6.42 Å². The molecule has 1 atom stereocenters. The van der Waals surface area contributed by atoms with E-state index in [9.17, 15) is 10.1 Å². The van der Waals surface area contributed by atoms with Crippen LogP contribution >= 0.6 is 11.6 Å². The largest absolute Gasteiger partial charge is 0.378 e. The molecular formula is C5H6ClN3O2. The van der Waals surface area contributed by atoms with Crippen molar-refractivity contribution in [2.75, 3.05) is 0 Å². The minimum absolute atomic E-state index is 0.0961. The number of nitrogens with two attached hydrogens (primary N) is 1. The number of rotatable bonds is 1. The summed E-state index contributed by atoms with van der Waals surface area (Å²) in [7, 11) is 0. The van der Waals surface area contributed by atoms with Crippen molar-refractivity contribution < 1.29 is 4.92 Å². The summed E-state index contributed by atoms with van der Waals surface area (Å²) in [6, 6.07) is 0. The predicted molar refractivity (Wildman–Crippen MR) is 41.0 cm³/mol. The summed E-state index contributed by atoms with van der Waals surface area (Å²) in [6.45, 7) is 0. The monoisotopic (exact) mass is 175 g/mol. The van der Waals surface area contributed by atoms with Gasteiger partial charge in [0.1, 0.15) is 5.50 Å². The molecule has 0 aromatic rings. The maximum absolute atomic E-state index is 10.2. The van der Waals surface area contributed by atoms with Crippen LogP contribution in [-0.4, -0.2) is 16.3 Å². The van der Waals surface area contributed by atoms with Gasteiger partial charge in [-0.05, 0) is 0 Å². The smallest absolute Gasteiger partial charge is 0.306 e. The first kappa shape index (κ1) is 8.00. The molecule has 11 heavy (non-hydrogen) atoms. The first-order chi connectivity index (χ1) is 5.11. The molecule has 2 N–H and O–H groups in total. The molecule has 0 aromatic heterocycles. The fourth-order valence-corrected chi connectivity index (χ4v) is 0.945. The highest BCUT2D eigenvalue weighted by Crippen LogP contribution is 2.13. The van der Waals surface area contributed by atoms with Crippen molar-refractivity contribution in [1.82, 2.24) is 0 Å². The third-order valence-corrected chi connectivity index (χ3v) is 1.52. The van der Waals surface area contributed by atoms with Crippen LogP contribution in [0.4, 0.5) is 0 Å². The second-order valence-corrected chi connectivity index (χ2v) is 2.53. The molecule has 1 heterocycles. The molecule has 0 aliphatic carbocycles. The fraction of sp³-hybridized carbons (Fsp3) is 0.400. The predicted octanol–water partition coefficient (Wildman–Crippen LogP) is 0.473. The molecule has 0 amide bonds. The number of hydrogen-bond donors (Lipinski definition) is 1. The van der Waals surface area contributed by atoms with E-state index in [4.69, 9.17) is 17.3 Å². The fourth-order valence-electron chi connectivity index (χ4n) is 0.751. The first-order valence-corrected chi connectivity index (χ1v) is 3.37. The molecule has 0 saturated heterocycles. The third kappa shape index (κ3) is 1.68. The Morgan fingerprint density at radius 1 is 1.91 bits per heavy atom. The van der Waals surface area contributed by atoms with Crippen molar-refractivity contribution in [2.24, 2.45) is 10.7 Å². The van der Waals surface area contributed by atoms with Crippen molar-refractivity contribution in [2.45, 2.75) is 11.9 Å².